The Morgan fingerprint density at radius 3 is 2.71 bits per heavy atom. The van der Waals surface area contributed by atoms with E-state index in [0.717, 1.165) is 21.4 Å². The molecule has 0 spiro atoms. The maximum Gasteiger partial charge on any atom is 0.413 e. The molecule has 0 atom stereocenters. The van der Waals surface area contributed by atoms with E-state index in [1.54, 1.807) is 45.3 Å². The Balaban J connectivity index is 1.42. The van der Waals surface area contributed by atoms with Crippen LogP contribution in [-0.4, -0.2) is 32.8 Å². The molecule has 0 unspecified atom stereocenters. The second-order valence-electron chi connectivity index (χ2n) is 8.59. The SMILES string of the molecule is CC(C)(C)OC(=O)Nc1cc(CSc2ccccc2C(=O)Nc2ccc3cn[nH]c3c2)ccn1. The molecule has 2 heterocycles. The molecule has 8 nitrogen and oxygen atoms in total. The fraction of sp³-hybridized carbons (Fsp3) is 0.200. The highest BCUT2D eigenvalue weighted by Gasteiger charge is 2.17. The predicted molar refractivity (Wildman–Crippen MR) is 134 cm³/mol. The van der Waals surface area contributed by atoms with Crippen LogP contribution in [-0.2, 0) is 10.5 Å². The van der Waals surface area contributed by atoms with Crippen molar-refractivity contribution in [2.45, 2.75) is 37.0 Å². The molecule has 0 bridgehead atoms. The number of carbonyl (C=O) groups is 2. The van der Waals surface area contributed by atoms with Gasteiger partial charge in [0, 0.05) is 27.9 Å². The molecular formula is C25H25N5O3S. The van der Waals surface area contributed by atoms with Gasteiger partial charge >= 0.3 is 6.09 Å². The van der Waals surface area contributed by atoms with E-state index in [2.05, 4.69) is 25.8 Å². The normalized spacial score (nSPS) is 11.3. The minimum absolute atomic E-state index is 0.191. The number of anilines is 2. The second-order valence-corrected chi connectivity index (χ2v) is 9.60. The van der Waals surface area contributed by atoms with Gasteiger partial charge in [-0.2, -0.15) is 5.10 Å². The molecule has 0 saturated heterocycles. The number of hydrogen-bond donors (Lipinski definition) is 3. The topological polar surface area (TPSA) is 109 Å². The second kappa shape index (κ2) is 9.96. The number of rotatable bonds is 6. The Bertz CT molecular complexity index is 1330. The van der Waals surface area contributed by atoms with Crippen molar-refractivity contribution in [2.75, 3.05) is 10.6 Å². The van der Waals surface area contributed by atoms with Crippen LogP contribution < -0.4 is 10.6 Å². The first-order valence-electron chi connectivity index (χ1n) is 10.7. The average Bonchev–Trinajstić information content (AvgIpc) is 3.25. The quantitative estimate of drug-likeness (QED) is 0.302. The minimum atomic E-state index is -0.591. The molecule has 0 saturated carbocycles. The van der Waals surface area contributed by atoms with Crippen molar-refractivity contribution in [3.8, 4) is 0 Å². The fourth-order valence-corrected chi connectivity index (χ4v) is 4.19. The van der Waals surface area contributed by atoms with E-state index < -0.39 is 11.7 Å². The summed E-state index contributed by atoms with van der Waals surface area (Å²) in [5.74, 6) is 0.812. The smallest absolute Gasteiger partial charge is 0.413 e. The van der Waals surface area contributed by atoms with Gasteiger partial charge in [0.15, 0.2) is 0 Å². The van der Waals surface area contributed by atoms with Gasteiger partial charge in [-0.1, -0.05) is 12.1 Å². The summed E-state index contributed by atoms with van der Waals surface area (Å²) < 4.78 is 5.28. The van der Waals surface area contributed by atoms with Gasteiger partial charge in [0.05, 0.1) is 17.3 Å². The van der Waals surface area contributed by atoms with Gasteiger partial charge in [-0.3, -0.25) is 15.2 Å². The Hall–Kier alpha value is -3.85. The molecule has 9 heteroatoms. The summed E-state index contributed by atoms with van der Waals surface area (Å²) in [5.41, 5.74) is 2.48. The number of H-pyrrole nitrogens is 1. The number of hydrogen-bond acceptors (Lipinski definition) is 6. The Morgan fingerprint density at radius 2 is 1.88 bits per heavy atom. The standard InChI is InChI=1S/C25H25N5O3S/c1-25(2,3)33-24(32)29-22-12-16(10-11-26-22)15-34-21-7-5-4-6-19(21)23(31)28-18-9-8-17-14-27-30-20(17)13-18/h4-14H,15H2,1-3H3,(H,27,30)(H,28,31)(H,26,29,32). The average molecular weight is 476 g/mol. The Kier molecular flexibility index (Phi) is 6.83. The van der Waals surface area contributed by atoms with E-state index in [0.29, 0.717) is 22.8 Å². The number of nitrogens with one attached hydrogen (secondary N) is 3. The minimum Gasteiger partial charge on any atom is -0.444 e. The van der Waals surface area contributed by atoms with E-state index in [1.165, 1.54) is 11.8 Å². The molecule has 0 aliphatic heterocycles. The molecular weight excluding hydrogens is 450 g/mol. The first-order valence-corrected chi connectivity index (χ1v) is 11.7. The molecule has 2 amide bonds. The van der Waals surface area contributed by atoms with Crippen molar-refractivity contribution in [2.24, 2.45) is 0 Å². The van der Waals surface area contributed by atoms with Crippen LogP contribution in [0.3, 0.4) is 0 Å². The first-order chi connectivity index (χ1) is 16.3. The molecule has 4 rings (SSSR count). The number of pyridine rings is 1. The molecule has 4 aromatic rings. The largest absolute Gasteiger partial charge is 0.444 e. The van der Waals surface area contributed by atoms with Crippen LogP contribution >= 0.6 is 11.8 Å². The number of ether oxygens (including phenoxy) is 1. The fourth-order valence-electron chi connectivity index (χ4n) is 3.20. The lowest BCUT2D eigenvalue weighted by Gasteiger charge is -2.19. The highest BCUT2D eigenvalue weighted by Crippen LogP contribution is 2.28. The van der Waals surface area contributed by atoms with E-state index in [4.69, 9.17) is 4.74 Å². The lowest BCUT2D eigenvalue weighted by atomic mass is 10.2. The van der Waals surface area contributed by atoms with Gasteiger partial charge in [0.25, 0.3) is 5.91 Å². The van der Waals surface area contributed by atoms with Gasteiger partial charge in [0.2, 0.25) is 0 Å². The van der Waals surface area contributed by atoms with Crippen molar-refractivity contribution in [1.82, 2.24) is 15.2 Å². The van der Waals surface area contributed by atoms with Crippen molar-refractivity contribution in [3.63, 3.8) is 0 Å². The highest BCUT2D eigenvalue weighted by atomic mass is 32.2. The third-order valence-electron chi connectivity index (χ3n) is 4.68. The van der Waals surface area contributed by atoms with Crippen LogP contribution in [0.15, 0.2) is 71.9 Å². The zero-order chi connectivity index (χ0) is 24.1. The number of fused-ring (bicyclic) bond motifs is 1. The Morgan fingerprint density at radius 1 is 1.06 bits per heavy atom. The summed E-state index contributed by atoms with van der Waals surface area (Å²) >= 11 is 1.53. The molecule has 2 aromatic heterocycles. The number of benzene rings is 2. The van der Waals surface area contributed by atoms with Crippen LogP contribution in [0, 0.1) is 0 Å². The molecule has 34 heavy (non-hydrogen) atoms. The molecule has 0 radical (unpaired) electrons. The number of aromatic amines is 1. The van der Waals surface area contributed by atoms with Crippen molar-refractivity contribution in [3.05, 3.63) is 78.1 Å². The van der Waals surface area contributed by atoms with E-state index in [1.807, 2.05) is 42.5 Å². The van der Waals surface area contributed by atoms with Crippen LogP contribution in [0.4, 0.5) is 16.3 Å². The molecule has 0 aliphatic rings. The number of nitrogens with zero attached hydrogens (tertiary/aromatic N) is 2. The molecule has 3 N–H and O–H groups in total. The third-order valence-corrected chi connectivity index (χ3v) is 5.82. The van der Waals surface area contributed by atoms with Gasteiger partial charge in [-0.25, -0.2) is 9.78 Å². The summed E-state index contributed by atoms with van der Waals surface area (Å²) in [5, 5.41) is 13.5. The van der Waals surface area contributed by atoms with Crippen LogP contribution in [0.2, 0.25) is 0 Å². The predicted octanol–water partition coefficient (Wildman–Crippen LogP) is 5.85. The zero-order valence-corrected chi connectivity index (χ0v) is 19.9. The van der Waals surface area contributed by atoms with E-state index in [9.17, 15) is 9.59 Å². The van der Waals surface area contributed by atoms with Crippen molar-refractivity contribution in [1.29, 1.82) is 0 Å². The molecule has 2 aromatic carbocycles. The van der Waals surface area contributed by atoms with Crippen LogP contribution in [0.1, 0.15) is 36.7 Å². The Labute approximate surface area is 201 Å². The lowest BCUT2D eigenvalue weighted by molar-refractivity contribution is 0.0635. The number of thioether (sulfide) groups is 1. The maximum absolute atomic E-state index is 13.0. The lowest BCUT2D eigenvalue weighted by Crippen LogP contribution is -2.27. The molecule has 0 fully saturated rings. The van der Waals surface area contributed by atoms with Crippen LogP contribution in [0.25, 0.3) is 10.9 Å². The number of carbonyl (C=O) groups excluding carboxylic acids is 2. The molecule has 0 aliphatic carbocycles. The van der Waals surface area contributed by atoms with Gasteiger partial charge in [-0.05, 0) is 68.8 Å². The third kappa shape index (κ3) is 6.14. The summed E-state index contributed by atoms with van der Waals surface area (Å²) in [4.78, 5) is 30.0. The number of aromatic nitrogens is 3. The van der Waals surface area contributed by atoms with Crippen molar-refractivity contribution >= 4 is 46.2 Å². The van der Waals surface area contributed by atoms with E-state index in [-0.39, 0.29) is 5.91 Å². The summed E-state index contributed by atoms with van der Waals surface area (Å²) in [6, 6.07) is 16.7. The first kappa shape index (κ1) is 23.3. The summed E-state index contributed by atoms with van der Waals surface area (Å²) in [6.07, 6.45) is 2.81. The van der Waals surface area contributed by atoms with E-state index >= 15 is 0 Å². The highest BCUT2D eigenvalue weighted by molar-refractivity contribution is 7.98. The maximum atomic E-state index is 13.0. The van der Waals surface area contributed by atoms with Gasteiger partial charge in [-0.15, -0.1) is 11.8 Å². The van der Waals surface area contributed by atoms with Gasteiger partial charge < -0.3 is 10.1 Å². The molecule has 174 valence electrons. The zero-order valence-electron chi connectivity index (χ0n) is 19.1. The summed E-state index contributed by atoms with van der Waals surface area (Å²) in [7, 11) is 0. The van der Waals surface area contributed by atoms with Crippen LogP contribution in [0.5, 0.6) is 0 Å². The van der Waals surface area contributed by atoms with Crippen molar-refractivity contribution < 1.29 is 14.3 Å². The van der Waals surface area contributed by atoms with Gasteiger partial charge in [0.1, 0.15) is 11.4 Å². The summed E-state index contributed by atoms with van der Waals surface area (Å²) in [6.45, 7) is 5.41. The monoisotopic (exact) mass is 475 g/mol. The number of amides is 2.